The van der Waals surface area contributed by atoms with E-state index < -0.39 is 0 Å². The zero-order chi connectivity index (χ0) is 47.4. The zero-order valence-electron chi connectivity index (χ0n) is 41.2. The average molecular weight is 917 g/mol. The second kappa shape index (κ2) is 16.3. The van der Waals surface area contributed by atoms with Gasteiger partial charge >= 0.3 is 0 Å². The summed E-state index contributed by atoms with van der Waals surface area (Å²) in [4.78, 5) is 5.29. The Labute approximate surface area is 420 Å². The van der Waals surface area contributed by atoms with Crippen molar-refractivity contribution in [1.29, 1.82) is 0 Å². The van der Waals surface area contributed by atoms with Crippen LogP contribution in [0.25, 0.3) is 22.3 Å². The third-order valence-electron chi connectivity index (χ3n) is 17.8. The molecule has 0 amide bonds. The van der Waals surface area contributed by atoms with Crippen LogP contribution in [0.1, 0.15) is 108 Å². The molecule has 0 N–H and O–H groups in total. The van der Waals surface area contributed by atoms with E-state index in [1.807, 2.05) is 0 Å². The average Bonchev–Trinajstić information content (AvgIpc) is 4.09. The van der Waals surface area contributed by atoms with Gasteiger partial charge in [0.25, 0.3) is 0 Å². The van der Waals surface area contributed by atoms with Crippen LogP contribution in [0.5, 0.6) is 0 Å². The molecule has 4 unspecified atom stereocenters. The van der Waals surface area contributed by atoms with Crippen molar-refractivity contribution in [2.75, 3.05) is 9.80 Å². The molecule has 0 aliphatic heterocycles. The second-order valence-electron chi connectivity index (χ2n) is 21.9. The van der Waals surface area contributed by atoms with E-state index >= 15 is 0 Å². The number of rotatable bonds is 7. The van der Waals surface area contributed by atoms with Crippen molar-refractivity contribution in [2.45, 2.75) is 82.5 Å². The first-order chi connectivity index (χ1) is 34.9. The Morgan fingerprint density at radius 2 is 0.930 bits per heavy atom. The number of nitrogens with zero attached hydrogens (tertiary/aromatic N) is 2. The Bertz CT molecular complexity index is 3520. The van der Waals surface area contributed by atoms with E-state index in [4.69, 9.17) is 0 Å². The van der Waals surface area contributed by atoms with Crippen molar-refractivity contribution >= 4 is 34.1 Å². The number of para-hydroxylation sites is 2. The van der Waals surface area contributed by atoms with Gasteiger partial charge < -0.3 is 9.80 Å². The number of hydrogen-bond donors (Lipinski definition) is 0. The summed E-state index contributed by atoms with van der Waals surface area (Å²) in [6.07, 6.45) is 8.53. The van der Waals surface area contributed by atoms with Gasteiger partial charge in [-0.3, -0.25) is 0 Å². The Balaban J connectivity index is 1.000. The highest BCUT2D eigenvalue weighted by molar-refractivity contribution is 5.90. The van der Waals surface area contributed by atoms with Gasteiger partial charge in [-0.05, 0) is 177 Å². The first-order valence-corrected chi connectivity index (χ1v) is 26.4. The minimum absolute atomic E-state index is 0.113. The predicted molar refractivity (Wildman–Crippen MR) is 296 cm³/mol. The van der Waals surface area contributed by atoms with Crippen molar-refractivity contribution in [1.82, 2.24) is 0 Å². The molecule has 0 radical (unpaired) electrons. The topological polar surface area (TPSA) is 6.48 Å². The van der Waals surface area contributed by atoms with Crippen molar-refractivity contribution in [3.05, 3.63) is 262 Å². The van der Waals surface area contributed by atoms with Gasteiger partial charge in [0.05, 0.1) is 11.4 Å². The van der Waals surface area contributed by atoms with Crippen LogP contribution in [-0.2, 0) is 23.7 Å². The first-order valence-electron chi connectivity index (χ1n) is 26.4. The normalized spacial score (nSPS) is 20.5. The molecule has 346 valence electrons. The molecule has 2 heteroatoms. The van der Waals surface area contributed by atoms with Crippen LogP contribution in [0.2, 0.25) is 0 Å². The fourth-order valence-electron chi connectivity index (χ4n) is 14.9. The molecule has 0 heterocycles. The van der Waals surface area contributed by atoms with E-state index in [1.54, 1.807) is 11.1 Å². The van der Waals surface area contributed by atoms with E-state index in [-0.39, 0.29) is 16.7 Å². The standard InChI is InChI=1S/C69H60N2/c1-45-33-35-46(36-34-45)65-59-29-14-13-27-55(59)56-39-37-53(43-60(56)65)70(51-23-9-5-10-24-51)63-31-17-19-47-41-49-21-7-4-8-22-50-42-48-20-18-32-64(67(48)69(49,50)66(47)63)71(52-25-11-6-12-26-52)54-38-40-58-57-28-15-16-30-61(57)68(2,3)62(58)44-54/h5-6,9-20,23-40,43-44,49-50,65H,4,7-8,21-22,41-42H2,1-3H3. The molecular formula is C69H60N2. The molecule has 2 nitrogen and oxygen atoms in total. The first kappa shape index (κ1) is 42.5. The summed E-state index contributed by atoms with van der Waals surface area (Å²) in [6.45, 7) is 7.02. The summed E-state index contributed by atoms with van der Waals surface area (Å²) in [5.41, 5.74) is 27.0. The number of benzene rings is 9. The molecule has 0 bridgehead atoms. The SMILES string of the molecule is Cc1ccc(C2c3ccccc3-c3ccc(N(c4ccccc4)c4cccc5c4C46c7c(cccc7N(c7ccccc7)c7ccc8c(c7)C(C)(C)c7ccccc7-8)CC4CCCCCC6C5)cc32)cc1. The number of hydrogen-bond acceptors (Lipinski definition) is 2. The van der Waals surface area contributed by atoms with Crippen molar-refractivity contribution < 1.29 is 0 Å². The predicted octanol–water partition coefficient (Wildman–Crippen LogP) is 18.0. The van der Waals surface area contributed by atoms with Crippen LogP contribution >= 0.6 is 0 Å². The van der Waals surface area contributed by atoms with Gasteiger partial charge in [0.2, 0.25) is 0 Å². The summed E-state index contributed by atoms with van der Waals surface area (Å²) in [5, 5.41) is 0. The largest absolute Gasteiger partial charge is 0.310 e. The maximum Gasteiger partial charge on any atom is 0.0505 e. The summed E-state index contributed by atoms with van der Waals surface area (Å²) in [6, 6.07) is 79.4. The summed E-state index contributed by atoms with van der Waals surface area (Å²) in [7, 11) is 0. The third-order valence-corrected chi connectivity index (χ3v) is 17.8. The van der Waals surface area contributed by atoms with Gasteiger partial charge in [-0.1, -0.05) is 184 Å². The van der Waals surface area contributed by atoms with E-state index in [1.165, 1.54) is 133 Å². The molecule has 1 fully saturated rings. The highest BCUT2D eigenvalue weighted by Gasteiger charge is 2.59. The van der Waals surface area contributed by atoms with E-state index in [9.17, 15) is 0 Å². The lowest BCUT2D eigenvalue weighted by atomic mass is 9.60. The van der Waals surface area contributed by atoms with Gasteiger partial charge in [-0.25, -0.2) is 0 Å². The molecule has 1 spiro atoms. The lowest BCUT2D eigenvalue weighted by molar-refractivity contribution is 0.205. The summed E-state index contributed by atoms with van der Waals surface area (Å²) >= 11 is 0. The zero-order valence-corrected chi connectivity index (χ0v) is 41.2. The van der Waals surface area contributed by atoms with Gasteiger partial charge in [-0.2, -0.15) is 0 Å². The second-order valence-corrected chi connectivity index (χ2v) is 21.9. The molecular weight excluding hydrogens is 857 g/mol. The molecule has 0 saturated heterocycles. The highest BCUT2D eigenvalue weighted by atomic mass is 15.2. The molecule has 4 atom stereocenters. The number of aryl methyl sites for hydroxylation is 1. The van der Waals surface area contributed by atoms with Crippen LogP contribution < -0.4 is 9.80 Å². The molecule has 5 aliphatic rings. The molecule has 9 aromatic carbocycles. The quantitative estimate of drug-likeness (QED) is 0.157. The van der Waals surface area contributed by atoms with E-state index in [0.717, 1.165) is 12.8 Å². The van der Waals surface area contributed by atoms with Crippen molar-refractivity contribution in [2.24, 2.45) is 11.8 Å². The molecule has 9 aromatic rings. The van der Waals surface area contributed by atoms with Crippen molar-refractivity contribution in [3.8, 4) is 22.3 Å². The van der Waals surface area contributed by atoms with Crippen LogP contribution in [0, 0.1) is 18.8 Å². The number of anilines is 6. The fourth-order valence-corrected chi connectivity index (χ4v) is 14.9. The fraction of sp³-hybridized carbons (Fsp3) is 0.217. The number of fused-ring (bicyclic) bond motifs is 8. The Kier molecular flexibility index (Phi) is 9.76. The maximum absolute atomic E-state index is 2.65. The summed E-state index contributed by atoms with van der Waals surface area (Å²) in [5.74, 6) is 1.12. The maximum atomic E-state index is 2.65. The minimum atomic E-state index is -0.192. The molecule has 71 heavy (non-hydrogen) atoms. The Morgan fingerprint density at radius 1 is 0.408 bits per heavy atom. The van der Waals surface area contributed by atoms with Gasteiger partial charge in [0.1, 0.15) is 0 Å². The minimum Gasteiger partial charge on any atom is -0.310 e. The van der Waals surface area contributed by atoms with Crippen molar-refractivity contribution in [3.63, 3.8) is 0 Å². The van der Waals surface area contributed by atoms with E-state index in [0.29, 0.717) is 11.8 Å². The molecule has 5 aliphatic carbocycles. The van der Waals surface area contributed by atoms with E-state index in [2.05, 4.69) is 237 Å². The van der Waals surface area contributed by atoms with Gasteiger partial charge in [0.15, 0.2) is 0 Å². The molecule has 0 aromatic heterocycles. The van der Waals surface area contributed by atoms with Crippen LogP contribution in [-0.4, -0.2) is 0 Å². The van der Waals surface area contributed by atoms with Gasteiger partial charge in [0, 0.05) is 39.5 Å². The Morgan fingerprint density at radius 3 is 1.56 bits per heavy atom. The van der Waals surface area contributed by atoms with Crippen LogP contribution in [0.4, 0.5) is 34.1 Å². The van der Waals surface area contributed by atoms with Crippen LogP contribution in [0.3, 0.4) is 0 Å². The molecule has 14 rings (SSSR count). The third kappa shape index (κ3) is 6.32. The molecule has 1 saturated carbocycles. The monoisotopic (exact) mass is 916 g/mol. The lowest BCUT2D eigenvalue weighted by Gasteiger charge is -2.45. The summed E-state index contributed by atoms with van der Waals surface area (Å²) < 4.78 is 0. The highest BCUT2D eigenvalue weighted by Crippen LogP contribution is 2.67. The van der Waals surface area contributed by atoms with Crippen LogP contribution in [0.15, 0.2) is 206 Å². The lowest BCUT2D eigenvalue weighted by Crippen LogP contribution is -2.40. The smallest absolute Gasteiger partial charge is 0.0505 e. The Hall–Kier alpha value is -7.42. The van der Waals surface area contributed by atoms with Gasteiger partial charge in [-0.15, -0.1) is 0 Å².